The van der Waals surface area contributed by atoms with Gasteiger partial charge in [0.25, 0.3) is 5.91 Å². The van der Waals surface area contributed by atoms with E-state index in [4.69, 9.17) is 4.42 Å². The monoisotopic (exact) mass is 411 g/mol. The first kappa shape index (κ1) is 20.1. The van der Waals surface area contributed by atoms with Gasteiger partial charge in [-0.2, -0.15) is 0 Å². The van der Waals surface area contributed by atoms with Gasteiger partial charge in [-0.15, -0.1) is 0 Å². The zero-order chi connectivity index (χ0) is 20.9. The van der Waals surface area contributed by atoms with Gasteiger partial charge in [0.2, 0.25) is 5.91 Å². The first-order valence-corrected chi connectivity index (χ1v) is 10.1. The number of imide groups is 1. The Balaban J connectivity index is 1.23. The molecule has 0 radical (unpaired) electrons. The van der Waals surface area contributed by atoms with E-state index in [1.54, 1.807) is 29.4 Å². The Morgan fingerprint density at radius 1 is 1.13 bits per heavy atom. The number of furan rings is 1. The fraction of sp³-hybridized carbons (Fsp3) is 0.429. The fourth-order valence-corrected chi connectivity index (χ4v) is 3.78. The van der Waals surface area contributed by atoms with E-state index in [1.807, 2.05) is 12.1 Å². The molecule has 1 N–H and O–H groups in total. The molecular weight excluding hydrogens is 386 g/mol. The molecule has 0 unspecified atom stereocenters. The molecule has 2 aromatic heterocycles. The van der Waals surface area contributed by atoms with E-state index in [0.717, 1.165) is 31.0 Å². The van der Waals surface area contributed by atoms with Crippen LogP contribution in [0.4, 0.5) is 4.79 Å². The number of hydrogen-bond donors (Lipinski definition) is 1. The topological polar surface area (TPSA) is 99.0 Å². The van der Waals surface area contributed by atoms with Crippen molar-refractivity contribution in [2.24, 2.45) is 0 Å². The molecule has 0 bridgehead atoms. The van der Waals surface area contributed by atoms with Gasteiger partial charge in [0.15, 0.2) is 0 Å². The van der Waals surface area contributed by atoms with Gasteiger partial charge >= 0.3 is 6.03 Å². The Labute approximate surface area is 174 Å². The number of urea groups is 1. The van der Waals surface area contributed by atoms with Crippen LogP contribution in [0.2, 0.25) is 0 Å². The number of pyridine rings is 1. The van der Waals surface area contributed by atoms with Gasteiger partial charge < -0.3 is 14.6 Å². The number of aromatic nitrogens is 1. The van der Waals surface area contributed by atoms with Crippen LogP contribution in [0.1, 0.15) is 17.7 Å². The standard InChI is InChI=1S/C21H25N5O4/c27-19(14-18-20(28)26(21(29)23-18)15-17-2-1-13-30-17)25-11-9-24(10-12-25)8-5-16-3-6-22-7-4-16/h1-4,6-7,13,18H,5,8-12,14-15H2,(H,23,29)/t18-/m0/s1. The number of carbonyl (C=O) groups excluding carboxylic acids is 3. The van der Waals surface area contributed by atoms with Crippen LogP contribution in [-0.2, 0) is 22.6 Å². The van der Waals surface area contributed by atoms with Crippen molar-refractivity contribution < 1.29 is 18.8 Å². The number of nitrogens with zero attached hydrogens (tertiary/aromatic N) is 4. The molecule has 158 valence electrons. The maximum Gasteiger partial charge on any atom is 0.325 e. The summed E-state index contributed by atoms with van der Waals surface area (Å²) >= 11 is 0. The van der Waals surface area contributed by atoms with Crippen LogP contribution in [-0.4, -0.2) is 76.3 Å². The predicted molar refractivity (Wildman–Crippen MR) is 107 cm³/mol. The van der Waals surface area contributed by atoms with Crippen LogP contribution < -0.4 is 5.32 Å². The highest BCUT2D eigenvalue weighted by atomic mass is 16.3. The van der Waals surface area contributed by atoms with Crippen molar-refractivity contribution in [1.82, 2.24) is 25.0 Å². The third-order valence-corrected chi connectivity index (χ3v) is 5.57. The van der Waals surface area contributed by atoms with Gasteiger partial charge in [0.1, 0.15) is 11.8 Å². The number of carbonyl (C=O) groups is 3. The SMILES string of the molecule is O=C(C[C@@H]1NC(=O)N(Cc2ccco2)C1=O)N1CCN(CCc2ccncc2)CC1. The lowest BCUT2D eigenvalue weighted by Gasteiger charge is -2.35. The molecule has 4 rings (SSSR count). The smallest absolute Gasteiger partial charge is 0.325 e. The molecule has 9 heteroatoms. The lowest BCUT2D eigenvalue weighted by Crippen LogP contribution is -2.50. The summed E-state index contributed by atoms with van der Waals surface area (Å²) in [5, 5.41) is 2.62. The summed E-state index contributed by atoms with van der Waals surface area (Å²) in [5.74, 6) is 0.0244. The summed E-state index contributed by atoms with van der Waals surface area (Å²) in [4.78, 5) is 46.6. The van der Waals surface area contributed by atoms with Gasteiger partial charge in [0.05, 0.1) is 19.2 Å². The third-order valence-electron chi connectivity index (χ3n) is 5.57. The van der Waals surface area contributed by atoms with Gasteiger partial charge in [-0.1, -0.05) is 0 Å². The lowest BCUT2D eigenvalue weighted by molar-refractivity contribution is -0.137. The van der Waals surface area contributed by atoms with Crippen LogP contribution in [0.3, 0.4) is 0 Å². The van der Waals surface area contributed by atoms with Crippen LogP contribution in [0.15, 0.2) is 47.3 Å². The van der Waals surface area contributed by atoms with E-state index >= 15 is 0 Å². The molecule has 0 spiro atoms. The first-order chi connectivity index (χ1) is 14.6. The summed E-state index contributed by atoms with van der Waals surface area (Å²) in [6.07, 6.45) is 6.02. The maximum absolute atomic E-state index is 12.7. The molecule has 30 heavy (non-hydrogen) atoms. The molecule has 4 amide bonds. The van der Waals surface area contributed by atoms with Crippen LogP contribution in [0, 0.1) is 0 Å². The second-order valence-electron chi connectivity index (χ2n) is 7.54. The quantitative estimate of drug-likeness (QED) is 0.679. The average molecular weight is 411 g/mol. The van der Waals surface area contributed by atoms with Crippen LogP contribution in [0.5, 0.6) is 0 Å². The van der Waals surface area contributed by atoms with E-state index < -0.39 is 12.1 Å². The van der Waals surface area contributed by atoms with Crippen LogP contribution in [0.25, 0.3) is 0 Å². The third kappa shape index (κ3) is 4.68. The summed E-state index contributed by atoms with van der Waals surface area (Å²) in [6.45, 7) is 3.85. The predicted octanol–water partition coefficient (Wildman–Crippen LogP) is 0.872. The molecule has 0 saturated carbocycles. The van der Waals surface area contributed by atoms with Crippen molar-refractivity contribution in [3.63, 3.8) is 0 Å². The molecule has 2 saturated heterocycles. The first-order valence-electron chi connectivity index (χ1n) is 10.1. The van der Waals surface area contributed by atoms with E-state index in [-0.39, 0.29) is 24.8 Å². The van der Waals surface area contributed by atoms with E-state index in [9.17, 15) is 14.4 Å². The Bertz CT molecular complexity index is 878. The molecule has 1 atom stereocenters. The molecule has 2 aromatic rings. The zero-order valence-corrected chi connectivity index (χ0v) is 16.7. The van der Waals surface area contributed by atoms with E-state index in [0.29, 0.717) is 18.8 Å². The average Bonchev–Trinajstić information content (AvgIpc) is 3.37. The van der Waals surface area contributed by atoms with Crippen molar-refractivity contribution in [3.05, 3.63) is 54.2 Å². The summed E-state index contributed by atoms with van der Waals surface area (Å²) in [5.41, 5.74) is 1.25. The molecule has 9 nitrogen and oxygen atoms in total. The Hall–Kier alpha value is -3.20. The zero-order valence-electron chi connectivity index (χ0n) is 16.7. The minimum Gasteiger partial charge on any atom is -0.467 e. The molecule has 0 aromatic carbocycles. The second-order valence-corrected chi connectivity index (χ2v) is 7.54. The highest BCUT2D eigenvalue weighted by Crippen LogP contribution is 2.16. The Morgan fingerprint density at radius 2 is 1.90 bits per heavy atom. The van der Waals surface area contributed by atoms with Gasteiger partial charge in [-0.3, -0.25) is 24.4 Å². The van der Waals surface area contributed by atoms with Gasteiger partial charge in [-0.05, 0) is 36.2 Å². The maximum atomic E-state index is 12.7. The van der Waals surface area contributed by atoms with Crippen LogP contribution >= 0.6 is 0 Å². The highest BCUT2D eigenvalue weighted by molar-refractivity contribution is 6.05. The summed E-state index contributed by atoms with van der Waals surface area (Å²) in [6, 6.07) is 6.13. The van der Waals surface area contributed by atoms with Crippen molar-refractivity contribution >= 4 is 17.8 Å². The summed E-state index contributed by atoms with van der Waals surface area (Å²) in [7, 11) is 0. The Kier molecular flexibility index (Phi) is 6.08. The molecule has 2 fully saturated rings. The number of rotatable bonds is 7. The normalized spacial score (nSPS) is 19.9. The number of amides is 4. The molecular formula is C21H25N5O4. The largest absolute Gasteiger partial charge is 0.467 e. The minimum absolute atomic E-state index is 0.0176. The Morgan fingerprint density at radius 3 is 2.60 bits per heavy atom. The second kappa shape index (κ2) is 9.08. The number of hydrogen-bond acceptors (Lipinski definition) is 6. The number of piperazine rings is 1. The van der Waals surface area contributed by atoms with E-state index in [1.165, 1.54) is 11.8 Å². The minimum atomic E-state index is -0.815. The number of nitrogens with one attached hydrogen (secondary N) is 1. The van der Waals surface area contributed by atoms with Crippen molar-refractivity contribution in [1.29, 1.82) is 0 Å². The van der Waals surface area contributed by atoms with E-state index in [2.05, 4.69) is 15.2 Å². The highest BCUT2D eigenvalue weighted by Gasteiger charge is 2.40. The van der Waals surface area contributed by atoms with Crippen molar-refractivity contribution in [2.75, 3.05) is 32.7 Å². The summed E-state index contributed by atoms with van der Waals surface area (Å²) < 4.78 is 5.20. The van der Waals surface area contributed by atoms with Gasteiger partial charge in [-0.25, -0.2) is 4.79 Å². The van der Waals surface area contributed by atoms with Gasteiger partial charge in [0, 0.05) is 45.1 Å². The molecule has 4 heterocycles. The molecule has 2 aliphatic heterocycles. The van der Waals surface area contributed by atoms with Crippen molar-refractivity contribution in [3.8, 4) is 0 Å². The molecule has 2 aliphatic rings. The fourth-order valence-electron chi connectivity index (χ4n) is 3.78. The lowest BCUT2D eigenvalue weighted by atomic mass is 10.1. The van der Waals surface area contributed by atoms with Crippen molar-refractivity contribution in [2.45, 2.75) is 25.4 Å². The molecule has 0 aliphatic carbocycles.